The van der Waals surface area contributed by atoms with Gasteiger partial charge in [-0.1, -0.05) is 178 Å². The minimum atomic E-state index is -0.301. The molecule has 1 aliphatic carbocycles. The molecule has 0 amide bonds. The van der Waals surface area contributed by atoms with Gasteiger partial charge in [-0.05, 0) is 124 Å². The lowest BCUT2D eigenvalue weighted by molar-refractivity contribution is 0.588. The van der Waals surface area contributed by atoms with Crippen LogP contribution in [0.5, 0.6) is 0 Å². The van der Waals surface area contributed by atoms with Crippen molar-refractivity contribution in [3.8, 4) is 50.4 Å². The van der Waals surface area contributed by atoms with Crippen LogP contribution in [0.2, 0.25) is 0 Å². The molecule has 3 heterocycles. The molecule has 0 atom stereocenters. The van der Waals surface area contributed by atoms with Gasteiger partial charge in [0.25, 0.3) is 0 Å². The minimum Gasteiger partial charge on any atom is -0.440 e. The normalized spacial score (nSPS) is 13.5. The van der Waals surface area contributed by atoms with Gasteiger partial charge in [0.1, 0.15) is 5.76 Å². The average molecular weight is 953 g/mol. The predicted molar refractivity (Wildman–Crippen MR) is 308 cm³/mol. The second kappa shape index (κ2) is 17.5. The molecule has 0 fully saturated rings. The van der Waals surface area contributed by atoms with Gasteiger partial charge in [-0.15, -0.1) is 0 Å². The molecule has 0 N–H and O–H groups in total. The Labute approximate surface area is 432 Å². The Balaban J connectivity index is 0.992. The van der Waals surface area contributed by atoms with E-state index >= 15 is 0 Å². The van der Waals surface area contributed by atoms with Crippen LogP contribution in [0.15, 0.2) is 259 Å². The van der Waals surface area contributed by atoms with Crippen LogP contribution in [0.3, 0.4) is 0 Å². The fourth-order valence-electron chi connectivity index (χ4n) is 12.0. The van der Waals surface area contributed by atoms with Gasteiger partial charge in [-0.2, -0.15) is 0 Å². The Kier molecular flexibility index (Phi) is 10.3. The Hall–Kier alpha value is -9.32. The number of aromatic nitrogens is 1. The van der Waals surface area contributed by atoms with E-state index in [1.165, 1.54) is 78.0 Å². The molecule has 5 nitrogen and oxygen atoms in total. The second-order valence-corrected chi connectivity index (χ2v) is 20.0. The summed E-state index contributed by atoms with van der Waals surface area (Å²) in [5, 5.41) is 2.43. The smallest absolute Gasteiger partial charge is 0.205 e. The molecule has 5 heteroatoms. The number of rotatable bonds is 9. The van der Waals surface area contributed by atoms with Crippen LogP contribution in [0.25, 0.3) is 72.2 Å². The first kappa shape index (κ1) is 43.5. The molecule has 0 radical (unpaired) electrons. The summed E-state index contributed by atoms with van der Waals surface area (Å²) in [5.41, 5.74) is 20.7. The molecule has 74 heavy (non-hydrogen) atoms. The highest BCUT2D eigenvalue weighted by Crippen LogP contribution is 2.57. The Morgan fingerprint density at radius 1 is 0.405 bits per heavy atom. The number of nitrogens with zero attached hydrogens (tertiary/aromatic N) is 4. The fourth-order valence-corrected chi connectivity index (χ4v) is 12.0. The highest BCUT2D eigenvalue weighted by atomic mass is 16.4. The molecule has 2 aliphatic rings. The number of para-hydroxylation sites is 5. The summed E-state index contributed by atoms with van der Waals surface area (Å²) in [6, 6.07) is 92.4. The van der Waals surface area contributed by atoms with E-state index in [4.69, 9.17) is 4.42 Å². The lowest BCUT2D eigenvalue weighted by Crippen LogP contribution is -2.36. The molecule has 10 aromatic carbocycles. The molecule has 12 aromatic rings. The zero-order chi connectivity index (χ0) is 49.3. The van der Waals surface area contributed by atoms with Crippen molar-refractivity contribution >= 4 is 61.8 Å². The van der Waals surface area contributed by atoms with Crippen LogP contribution in [0, 0.1) is 0 Å². The summed E-state index contributed by atoms with van der Waals surface area (Å²) in [5.74, 6) is 1.52. The molecule has 0 saturated heterocycles. The zero-order valence-electron chi connectivity index (χ0n) is 41.4. The van der Waals surface area contributed by atoms with E-state index in [1.807, 2.05) is 0 Å². The van der Waals surface area contributed by atoms with E-state index in [1.54, 1.807) is 0 Å². The zero-order valence-corrected chi connectivity index (χ0v) is 41.4. The number of benzene rings is 10. The van der Waals surface area contributed by atoms with Crippen molar-refractivity contribution in [3.05, 3.63) is 266 Å². The van der Waals surface area contributed by atoms with E-state index < -0.39 is 0 Å². The van der Waals surface area contributed by atoms with Crippen LogP contribution in [-0.2, 0) is 5.41 Å². The van der Waals surface area contributed by atoms with Crippen molar-refractivity contribution < 1.29 is 4.42 Å². The van der Waals surface area contributed by atoms with Gasteiger partial charge in [-0.3, -0.25) is 4.90 Å². The molecule has 1 aliphatic heterocycles. The number of hydrogen-bond donors (Lipinski definition) is 0. The number of anilines is 7. The van der Waals surface area contributed by atoms with Crippen LogP contribution in [-0.4, -0.2) is 17.7 Å². The first-order valence-corrected chi connectivity index (χ1v) is 25.7. The highest BCUT2D eigenvalue weighted by Gasteiger charge is 2.39. The molecule has 0 saturated carbocycles. The first-order chi connectivity index (χ1) is 36.5. The van der Waals surface area contributed by atoms with Crippen LogP contribution in [0.1, 0.15) is 25.0 Å². The van der Waals surface area contributed by atoms with Crippen molar-refractivity contribution in [2.75, 3.05) is 27.8 Å². The van der Waals surface area contributed by atoms with Crippen molar-refractivity contribution in [1.29, 1.82) is 0 Å². The number of fused-ring (bicyclic) bond motifs is 7. The maximum atomic E-state index is 7.23. The van der Waals surface area contributed by atoms with Gasteiger partial charge >= 0.3 is 0 Å². The first-order valence-electron chi connectivity index (χ1n) is 25.7. The maximum Gasteiger partial charge on any atom is 0.205 e. The van der Waals surface area contributed by atoms with Crippen LogP contribution >= 0.6 is 0 Å². The van der Waals surface area contributed by atoms with Crippen LogP contribution < -0.4 is 14.7 Å². The topological polar surface area (TPSA) is 27.8 Å². The Morgan fingerprint density at radius 3 is 1.76 bits per heavy atom. The third-order valence-electron chi connectivity index (χ3n) is 15.5. The van der Waals surface area contributed by atoms with Crippen molar-refractivity contribution in [1.82, 2.24) is 4.57 Å². The summed E-state index contributed by atoms with van der Waals surface area (Å²) in [7, 11) is 0. The third-order valence-corrected chi connectivity index (χ3v) is 15.5. The van der Waals surface area contributed by atoms with E-state index in [-0.39, 0.29) is 5.41 Å². The Bertz CT molecular complexity index is 4050. The number of hydrogen-bond acceptors (Lipinski definition) is 4. The molecule has 0 unspecified atom stereocenters. The number of furan rings is 1. The molecular formula is C69H52N4O. The minimum absolute atomic E-state index is 0.301. The summed E-state index contributed by atoms with van der Waals surface area (Å²) in [6.45, 7) is 6.43. The standard InChI is InChI=1S/C69H52N4O/c1-69(2)60-31-17-15-29-58(60)67-59(57-30-19-33-63-68(57)71(51-24-11-5-12-25-51)43-42-70(63)50-22-9-4-10-23-50)45-54(46-61(67)69)72(53-37-34-48(35-38-53)47-20-7-3-8-21-47)66-41-40-65(74-66)49-36-39-56-55-28-16-18-32-62(55)73(64(56)44-49)52-26-13-6-14-27-52/h3-41,44-46H,42-43H2,1-2H3. The quantitative estimate of drug-likeness (QED) is 0.144. The molecule has 0 spiro atoms. The summed E-state index contributed by atoms with van der Waals surface area (Å²) in [6.07, 6.45) is 0. The van der Waals surface area contributed by atoms with E-state index in [0.717, 1.165) is 58.4 Å². The summed E-state index contributed by atoms with van der Waals surface area (Å²) in [4.78, 5) is 7.34. The van der Waals surface area contributed by atoms with Gasteiger partial charge in [-0.25, -0.2) is 0 Å². The van der Waals surface area contributed by atoms with E-state index in [0.29, 0.717) is 0 Å². The largest absolute Gasteiger partial charge is 0.440 e. The molecule has 354 valence electrons. The van der Waals surface area contributed by atoms with Crippen LogP contribution in [0.4, 0.5) is 40.0 Å². The van der Waals surface area contributed by atoms with Gasteiger partial charge in [0, 0.05) is 69.2 Å². The predicted octanol–water partition coefficient (Wildman–Crippen LogP) is 18.4. The van der Waals surface area contributed by atoms with Gasteiger partial charge in [0.2, 0.25) is 5.88 Å². The monoisotopic (exact) mass is 952 g/mol. The van der Waals surface area contributed by atoms with Crippen molar-refractivity contribution in [2.45, 2.75) is 19.3 Å². The van der Waals surface area contributed by atoms with Gasteiger partial charge in [0.05, 0.1) is 28.1 Å². The SMILES string of the molecule is CC1(C)c2ccccc2-c2c(-c3cccc4c3N(c3ccccc3)CCN4c3ccccc3)cc(N(c3ccc(-c4ccccc4)cc3)c3ccc(-c4ccc5c6ccccc6n(-c6ccccc6)c5c4)o3)cc21. The molecular weight excluding hydrogens is 901 g/mol. The van der Waals surface area contributed by atoms with Crippen molar-refractivity contribution in [3.63, 3.8) is 0 Å². The molecule has 14 rings (SSSR count). The van der Waals surface area contributed by atoms with Gasteiger partial charge < -0.3 is 18.8 Å². The highest BCUT2D eigenvalue weighted by molar-refractivity contribution is 6.10. The molecule has 2 aromatic heterocycles. The second-order valence-electron chi connectivity index (χ2n) is 20.0. The maximum absolute atomic E-state index is 7.23. The molecule has 0 bridgehead atoms. The van der Waals surface area contributed by atoms with E-state index in [2.05, 4.69) is 288 Å². The summed E-state index contributed by atoms with van der Waals surface area (Å²) < 4.78 is 9.60. The fraction of sp³-hybridized carbons (Fsp3) is 0.0725. The lowest BCUT2D eigenvalue weighted by atomic mass is 9.81. The van der Waals surface area contributed by atoms with E-state index in [9.17, 15) is 0 Å². The van der Waals surface area contributed by atoms with Gasteiger partial charge in [0.15, 0.2) is 0 Å². The third kappa shape index (κ3) is 7.07. The Morgan fingerprint density at radius 2 is 1.00 bits per heavy atom. The summed E-state index contributed by atoms with van der Waals surface area (Å²) >= 11 is 0. The lowest BCUT2D eigenvalue weighted by Gasteiger charge is -2.40. The average Bonchev–Trinajstić information content (AvgIpc) is 4.15. The van der Waals surface area contributed by atoms with Crippen molar-refractivity contribution in [2.24, 2.45) is 0 Å².